The topological polar surface area (TPSA) is 74.2 Å². The molecule has 3 N–H and O–H groups in total. The number of carbonyl (C=O) groups excluding carboxylic acids is 1. The summed E-state index contributed by atoms with van der Waals surface area (Å²) in [7, 11) is 0. The lowest BCUT2D eigenvalue weighted by molar-refractivity contribution is -0.141. The molecule has 3 rings (SSSR count). The zero-order valence-electron chi connectivity index (χ0n) is 14.6. The molecule has 1 aromatic carbocycles. The minimum atomic E-state index is -4.62. The first kappa shape index (κ1) is 24.2. The van der Waals surface area contributed by atoms with Gasteiger partial charge in [0, 0.05) is 30.9 Å². The van der Waals surface area contributed by atoms with Gasteiger partial charge < -0.3 is 15.7 Å². The van der Waals surface area contributed by atoms with Crippen molar-refractivity contribution in [1.29, 1.82) is 0 Å². The molecule has 0 radical (unpaired) electrons. The van der Waals surface area contributed by atoms with E-state index in [2.05, 4.69) is 15.6 Å². The Morgan fingerprint density at radius 1 is 1.25 bits per heavy atom. The highest BCUT2D eigenvalue weighted by Gasteiger charge is 2.33. The molecule has 0 saturated heterocycles. The van der Waals surface area contributed by atoms with Gasteiger partial charge in [-0.3, -0.25) is 9.78 Å². The standard InChI is InChI=1S/C18H18F3N3O2.2ClH/c19-18(20,21)16-8-12(5-6-22-16)17(26)24-10-15(25)14-7-11-3-1-2-4-13(11)9-23-14;;/h1-6,8,14-15,23,25H,7,9-10H2,(H,24,26);2*1H/t14-,15+;;/m0../s1. The van der Waals surface area contributed by atoms with Gasteiger partial charge in [0.05, 0.1) is 6.10 Å². The number of halogens is 5. The SMILES string of the molecule is Cl.Cl.O=C(NC[C@@H](O)[C@@H]1Cc2ccccc2CN1)c1ccnc(C(F)(F)F)c1. The van der Waals surface area contributed by atoms with Gasteiger partial charge in [0.1, 0.15) is 5.69 Å². The Hall–Kier alpha value is -1.87. The zero-order chi connectivity index (χ0) is 18.7. The Morgan fingerprint density at radius 2 is 1.93 bits per heavy atom. The molecule has 1 aromatic heterocycles. The van der Waals surface area contributed by atoms with Crippen LogP contribution in [0.5, 0.6) is 0 Å². The zero-order valence-corrected chi connectivity index (χ0v) is 16.2. The van der Waals surface area contributed by atoms with Crippen LogP contribution >= 0.6 is 24.8 Å². The molecule has 0 saturated carbocycles. The molecule has 2 aromatic rings. The van der Waals surface area contributed by atoms with Crippen LogP contribution in [0.1, 0.15) is 27.2 Å². The number of aliphatic hydroxyl groups excluding tert-OH is 1. The van der Waals surface area contributed by atoms with E-state index in [1.807, 2.05) is 24.3 Å². The molecular formula is C18H20Cl2F3N3O2. The average molecular weight is 438 g/mol. The van der Waals surface area contributed by atoms with Crippen molar-refractivity contribution >= 4 is 30.7 Å². The molecule has 1 amide bonds. The molecular weight excluding hydrogens is 418 g/mol. The van der Waals surface area contributed by atoms with Crippen LogP contribution in [0, 0.1) is 0 Å². The van der Waals surface area contributed by atoms with Gasteiger partial charge in [-0.2, -0.15) is 13.2 Å². The van der Waals surface area contributed by atoms with Crippen LogP contribution in [0.3, 0.4) is 0 Å². The largest absolute Gasteiger partial charge is 0.433 e. The van der Waals surface area contributed by atoms with E-state index in [0.29, 0.717) is 19.0 Å². The van der Waals surface area contributed by atoms with Crippen molar-refractivity contribution in [2.75, 3.05) is 6.54 Å². The maximum atomic E-state index is 12.7. The second kappa shape index (κ2) is 10.1. The smallest absolute Gasteiger partial charge is 0.390 e. The van der Waals surface area contributed by atoms with Crippen molar-refractivity contribution in [1.82, 2.24) is 15.6 Å². The van der Waals surface area contributed by atoms with E-state index in [1.165, 1.54) is 6.07 Å². The summed E-state index contributed by atoms with van der Waals surface area (Å²) < 4.78 is 38.0. The van der Waals surface area contributed by atoms with Crippen molar-refractivity contribution in [3.63, 3.8) is 0 Å². The van der Waals surface area contributed by atoms with Gasteiger partial charge in [-0.1, -0.05) is 24.3 Å². The second-order valence-electron chi connectivity index (χ2n) is 6.17. The first-order valence-electron chi connectivity index (χ1n) is 8.14. The van der Waals surface area contributed by atoms with E-state index in [9.17, 15) is 23.1 Å². The predicted molar refractivity (Wildman–Crippen MR) is 103 cm³/mol. The summed E-state index contributed by atoms with van der Waals surface area (Å²) in [6.45, 7) is 0.549. The Morgan fingerprint density at radius 3 is 2.61 bits per heavy atom. The quantitative estimate of drug-likeness (QED) is 0.687. The number of pyridine rings is 1. The highest BCUT2D eigenvalue weighted by molar-refractivity contribution is 5.94. The fourth-order valence-corrected chi connectivity index (χ4v) is 2.92. The molecule has 10 heteroatoms. The molecule has 5 nitrogen and oxygen atoms in total. The lowest BCUT2D eigenvalue weighted by atomic mass is 9.93. The summed E-state index contributed by atoms with van der Waals surface area (Å²) in [4.78, 5) is 15.3. The van der Waals surface area contributed by atoms with Gasteiger partial charge in [-0.25, -0.2) is 0 Å². The van der Waals surface area contributed by atoms with Crippen molar-refractivity contribution in [3.05, 3.63) is 65.0 Å². The van der Waals surface area contributed by atoms with Crippen LogP contribution in [0.25, 0.3) is 0 Å². The van der Waals surface area contributed by atoms with Crippen molar-refractivity contribution in [2.24, 2.45) is 0 Å². The minimum absolute atomic E-state index is 0. The number of aromatic nitrogens is 1. The Balaban J connectivity index is 0.00000196. The molecule has 1 aliphatic heterocycles. The average Bonchev–Trinajstić information content (AvgIpc) is 2.64. The van der Waals surface area contributed by atoms with Gasteiger partial charge >= 0.3 is 6.18 Å². The van der Waals surface area contributed by atoms with Crippen LogP contribution in [-0.4, -0.2) is 34.7 Å². The van der Waals surface area contributed by atoms with E-state index >= 15 is 0 Å². The lowest BCUT2D eigenvalue weighted by Crippen LogP contribution is -2.49. The summed E-state index contributed by atoms with van der Waals surface area (Å²) in [6, 6.07) is 9.52. The highest BCUT2D eigenvalue weighted by Crippen LogP contribution is 2.27. The van der Waals surface area contributed by atoms with Crippen molar-refractivity contribution < 1.29 is 23.1 Å². The number of hydrogen-bond donors (Lipinski definition) is 3. The number of nitrogens with zero attached hydrogens (tertiary/aromatic N) is 1. The van der Waals surface area contributed by atoms with Gasteiger partial charge in [0.25, 0.3) is 5.91 Å². The molecule has 2 heterocycles. The number of fused-ring (bicyclic) bond motifs is 1. The lowest BCUT2D eigenvalue weighted by Gasteiger charge is -2.30. The van der Waals surface area contributed by atoms with Gasteiger partial charge in [0.2, 0.25) is 0 Å². The third kappa shape index (κ3) is 5.81. The van der Waals surface area contributed by atoms with E-state index in [1.54, 1.807) is 0 Å². The first-order chi connectivity index (χ1) is 12.3. The fraction of sp³-hybridized carbons (Fsp3) is 0.333. The van der Waals surface area contributed by atoms with E-state index in [4.69, 9.17) is 0 Å². The number of amides is 1. The minimum Gasteiger partial charge on any atom is -0.390 e. The summed E-state index contributed by atoms with van der Waals surface area (Å²) >= 11 is 0. The number of rotatable bonds is 4. The van der Waals surface area contributed by atoms with Crippen LogP contribution in [0.4, 0.5) is 13.2 Å². The molecule has 0 fully saturated rings. The van der Waals surface area contributed by atoms with Gasteiger partial charge in [-0.05, 0) is 29.7 Å². The first-order valence-corrected chi connectivity index (χ1v) is 8.14. The number of hydrogen-bond acceptors (Lipinski definition) is 4. The molecule has 1 aliphatic rings. The molecule has 0 unspecified atom stereocenters. The number of alkyl halides is 3. The molecule has 2 atom stereocenters. The Bertz CT molecular complexity index is 806. The molecule has 0 aliphatic carbocycles. The number of carbonyl (C=O) groups is 1. The number of benzene rings is 1. The number of aliphatic hydroxyl groups is 1. The van der Waals surface area contributed by atoms with Crippen molar-refractivity contribution in [2.45, 2.75) is 31.3 Å². The normalized spacial score (nSPS) is 16.8. The van der Waals surface area contributed by atoms with Gasteiger partial charge in [0.15, 0.2) is 0 Å². The predicted octanol–water partition coefficient (Wildman–Crippen LogP) is 2.75. The third-order valence-electron chi connectivity index (χ3n) is 4.36. The van der Waals surface area contributed by atoms with E-state index in [0.717, 1.165) is 17.3 Å². The summed E-state index contributed by atoms with van der Waals surface area (Å²) in [5.74, 6) is -0.687. The molecule has 0 bridgehead atoms. The van der Waals surface area contributed by atoms with E-state index in [-0.39, 0.29) is 43.0 Å². The number of nitrogens with one attached hydrogen (secondary N) is 2. The highest BCUT2D eigenvalue weighted by atomic mass is 35.5. The monoisotopic (exact) mass is 437 g/mol. The maximum Gasteiger partial charge on any atom is 0.433 e. The van der Waals surface area contributed by atoms with E-state index < -0.39 is 23.9 Å². The third-order valence-corrected chi connectivity index (χ3v) is 4.36. The summed E-state index contributed by atoms with van der Waals surface area (Å²) in [6.07, 6.45) is -3.93. The van der Waals surface area contributed by atoms with Crippen LogP contribution in [0.15, 0.2) is 42.6 Å². The second-order valence-corrected chi connectivity index (χ2v) is 6.17. The van der Waals surface area contributed by atoms with Crippen molar-refractivity contribution in [3.8, 4) is 0 Å². The molecule has 0 spiro atoms. The summed E-state index contributed by atoms with van der Waals surface area (Å²) in [5.41, 5.74) is 1.01. The molecule has 154 valence electrons. The van der Waals surface area contributed by atoms with Crippen LogP contribution < -0.4 is 10.6 Å². The van der Waals surface area contributed by atoms with Gasteiger partial charge in [-0.15, -0.1) is 24.8 Å². The molecule has 28 heavy (non-hydrogen) atoms. The maximum absolute atomic E-state index is 12.7. The van der Waals surface area contributed by atoms with Crippen LogP contribution in [0.2, 0.25) is 0 Å². The Kier molecular flexibility index (Phi) is 8.69. The summed E-state index contributed by atoms with van der Waals surface area (Å²) in [5, 5.41) is 16.0. The fourth-order valence-electron chi connectivity index (χ4n) is 2.92. The Labute approximate surface area is 172 Å². The van der Waals surface area contributed by atoms with Crippen LogP contribution in [-0.2, 0) is 19.1 Å².